The van der Waals surface area contributed by atoms with E-state index in [1.807, 2.05) is 0 Å². The predicted octanol–water partition coefficient (Wildman–Crippen LogP) is 1.80. The molecule has 0 aliphatic carbocycles. The zero-order valence-electron chi connectivity index (χ0n) is 12.0. The van der Waals surface area contributed by atoms with Crippen LogP contribution in [-0.2, 0) is 25.1 Å². The number of sulfone groups is 1. The molecule has 1 aromatic rings. The predicted molar refractivity (Wildman–Crippen MR) is 83.1 cm³/mol. The molecule has 0 fully saturated rings. The molecule has 1 amide bonds. The molecule has 1 N–H and O–H groups in total. The largest absolute Gasteiger partial charge is 0.385 e. The number of nitrogens with one attached hydrogen (secondary N) is 1. The first-order chi connectivity index (χ1) is 9.93. The normalized spacial score (nSPS) is 11.3. The lowest BCUT2D eigenvalue weighted by Crippen LogP contribution is -2.27. The monoisotopic (exact) mass is 333 g/mol. The van der Waals surface area contributed by atoms with E-state index in [1.54, 1.807) is 31.4 Å². The Labute approximate surface area is 130 Å². The van der Waals surface area contributed by atoms with Gasteiger partial charge in [-0.2, -0.15) is 0 Å². The van der Waals surface area contributed by atoms with Gasteiger partial charge in [0.05, 0.1) is 11.5 Å². The van der Waals surface area contributed by atoms with Gasteiger partial charge in [-0.15, -0.1) is 0 Å². The van der Waals surface area contributed by atoms with Gasteiger partial charge in [-0.1, -0.05) is 23.7 Å². The maximum atomic E-state index is 11.9. The Hall–Kier alpha value is -1.11. The molecule has 0 aliphatic heterocycles. The Morgan fingerprint density at radius 3 is 2.57 bits per heavy atom. The molecule has 0 saturated heterocycles. The second-order valence-electron chi connectivity index (χ2n) is 4.66. The van der Waals surface area contributed by atoms with E-state index < -0.39 is 9.84 Å². The van der Waals surface area contributed by atoms with Crippen LogP contribution in [0.3, 0.4) is 0 Å². The van der Waals surface area contributed by atoms with Crippen molar-refractivity contribution < 1.29 is 17.9 Å². The average Bonchev–Trinajstić information content (AvgIpc) is 2.44. The van der Waals surface area contributed by atoms with Crippen molar-refractivity contribution in [3.05, 3.63) is 34.9 Å². The van der Waals surface area contributed by atoms with E-state index in [0.717, 1.165) is 0 Å². The molecule has 118 valence electrons. The van der Waals surface area contributed by atoms with Crippen LogP contribution in [-0.4, -0.2) is 40.3 Å². The van der Waals surface area contributed by atoms with Gasteiger partial charge in [0.15, 0.2) is 9.84 Å². The van der Waals surface area contributed by atoms with Gasteiger partial charge in [0.1, 0.15) is 0 Å². The third kappa shape index (κ3) is 8.04. The fourth-order valence-electron chi connectivity index (χ4n) is 1.69. The number of methoxy groups -OCH3 is 1. The molecule has 0 radical (unpaired) electrons. The van der Waals surface area contributed by atoms with Crippen LogP contribution >= 0.6 is 11.6 Å². The van der Waals surface area contributed by atoms with E-state index in [-0.39, 0.29) is 23.8 Å². The van der Waals surface area contributed by atoms with Gasteiger partial charge in [0.25, 0.3) is 0 Å². The first-order valence-corrected chi connectivity index (χ1v) is 8.83. The molecule has 0 saturated carbocycles. The van der Waals surface area contributed by atoms with Crippen molar-refractivity contribution in [1.29, 1.82) is 0 Å². The highest BCUT2D eigenvalue weighted by Gasteiger charge is 2.14. The van der Waals surface area contributed by atoms with Crippen LogP contribution in [0.4, 0.5) is 0 Å². The standard InChI is InChI=1S/C14H20ClNO4S/c1-20-9-2-8-16-14(17)7-10-21(18,19)11-12-3-5-13(15)6-4-12/h3-6H,2,7-11H2,1H3,(H,16,17). The summed E-state index contributed by atoms with van der Waals surface area (Å²) in [6, 6.07) is 6.64. The molecule has 0 atom stereocenters. The molecule has 1 aromatic carbocycles. The van der Waals surface area contributed by atoms with Crippen molar-refractivity contribution in [2.45, 2.75) is 18.6 Å². The third-order valence-electron chi connectivity index (χ3n) is 2.79. The lowest BCUT2D eigenvalue weighted by molar-refractivity contribution is -0.120. The number of halogens is 1. The Morgan fingerprint density at radius 2 is 1.95 bits per heavy atom. The minimum atomic E-state index is -3.31. The number of hydrogen-bond acceptors (Lipinski definition) is 4. The Kier molecular flexibility index (Phi) is 7.71. The fraction of sp³-hybridized carbons (Fsp3) is 0.500. The molecule has 21 heavy (non-hydrogen) atoms. The van der Waals surface area contributed by atoms with E-state index in [2.05, 4.69) is 5.32 Å². The van der Waals surface area contributed by atoms with Crippen LogP contribution in [0.15, 0.2) is 24.3 Å². The Morgan fingerprint density at radius 1 is 1.29 bits per heavy atom. The molecule has 5 nitrogen and oxygen atoms in total. The summed E-state index contributed by atoms with van der Waals surface area (Å²) in [5.41, 5.74) is 0.667. The van der Waals surface area contributed by atoms with Gasteiger partial charge in [0.2, 0.25) is 5.91 Å². The Bertz CT molecular complexity index is 543. The number of hydrogen-bond donors (Lipinski definition) is 1. The molecule has 0 unspecified atom stereocenters. The second-order valence-corrected chi connectivity index (χ2v) is 7.29. The maximum absolute atomic E-state index is 11.9. The molecule has 0 aliphatic rings. The molecular weight excluding hydrogens is 314 g/mol. The van der Waals surface area contributed by atoms with Crippen LogP contribution in [0, 0.1) is 0 Å². The van der Waals surface area contributed by atoms with Crippen molar-refractivity contribution in [2.75, 3.05) is 26.0 Å². The summed E-state index contributed by atoms with van der Waals surface area (Å²) in [6.45, 7) is 1.05. The van der Waals surface area contributed by atoms with E-state index in [0.29, 0.717) is 30.2 Å². The number of benzene rings is 1. The van der Waals surface area contributed by atoms with Gasteiger partial charge < -0.3 is 10.1 Å². The van der Waals surface area contributed by atoms with Crippen molar-refractivity contribution >= 4 is 27.3 Å². The number of amides is 1. The summed E-state index contributed by atoms with van der Waals surface area (Å²) >= 11 is 5.75. The summed E-state index contributed by atoms with van der Waals surface area (Å²) in [5, 5.41) is 3.22. The van der Waals surface area contributed by atoms with Crippen molar-refractivity contribution in [2.24, 2.45) is 0 Å². The lowest BCUT2D eigenvalue weighted by atomic mass is 10.2. The molecule has 0 spiro atoms. The summed E-state index contributed by atoms with van der Waals surface area (Å²) in [6.07, 6.45) is 0.683. The van der Waals surface area contributed by atoms with E-state index >= 15 is 0 Å². The third-order valence-corrected chi connectivity index (χ3v) is 4.64. The summed E-state index contributed by atoms with van der Waals surface area (Å²) in [4.78, 5) is 11.5. The maximum Gasteiger partial charge on any atom is 0.221 e. The van der Waals surface area contributed by atoms with E-state index in [1.165, 1.54) is 0 Å². The van der Waals surface area contributed by atoms with Crippen molar-refractivity contribution in [3.8, 4) is 0 Å². The van der Waals surface area contributed by atoms with Crippen LogP contribution in [0.5, 0.6) is 0 Å². The topological polar surface area (TPSA) is 72.5 Å². The number of ether oxygens (including phenoxy) is 1. The molecule has 0 bridgehead atoms. The van der Waals surface area contributed by atoms with E-state index in [9.17, 15) is 13.2 Å². The highest BCUT2D eigenvalue weighted by atomic mass is 35.5. The fourth-order valence-corrected chi connectivity index (χ4v) is 3.15. The number of carbonyl (C=O) groups excluding carboxylic acids is 1. The average molecular weight is 334 g/mol. The summed E-state index contributed by atoms with van der Waals surface area (Å²) < 4.78 is 28.7. The summed E-state index contributed by atoms with van der Waals surface area (Å²) in [7, 11) is -1.72. The van der Waals surface area contributed by atoms with Crippen molar-refractivity contribution in [1.82, 2.24) is 5.32 Å². The van der Waals surface area contributed by atoms with Gasteiger partial charge in [-0.05, 0) is 24.1 Å². The minimum Gasteiger partial charge on any atom is -0.385 e. The second kappa shape index (κ2) is 9.02. The quantitative estimate of drug-likeness (QED) is 0.699. The molecule has 0 aromatic heterocycles. The first kappa shape index (κ1) is 17.9. The van der Waals surface area contributed by atoms with Crippen molar-refractivity contribution in [3.63, 3.8) is 0 Å². The number of carbonyl (C=O) groups is 1. The van der Waals surface area contributed by atoms with Gasteiger partial charge in [-0.25, -0.2) is 8.42 Å². The van der Waals surface area contributed by atoms with Crippen LogP contribution < -0.4 is 5.32 Å². The highest BCUT2D eigenvalue weighted by molar-refractivity contribution is 7.90. The zero-order chi connectivity index (χ0) is 15.7. The molecule has 7 heteroatoms. The smallest absolute Gasteiger partial charge is 0.221 e. The summed E-state index contributed by atoms with van der Waals surface area (Å²) in [5.74, 6) is -0.502. The molecular formula is C14H20ClNO4S. The van der Waals surface area contributed by atoms with E-state index in [4.69, 9.17) is 16.3 Å². The van der Waals surface area contributed by atoms with Gasteiger partial charge in [-0.3, -0.25) is 4.79 Å². The minimum absolute atomic E-state index is 0.0249. The molecule has 0 heterocycles. The number of rotatable bonds is 9. The lowest BCUT2D eigenvalue weighted by Gasteiger charge is -2.06. The first-order valence-electron chi connectivity index (χ1n) is 6.63. The SMILES string of the molecule is COCCCNC(=O)CCS(=O)(=O)Cc1ccc(Cl)cc1. The van der Waals surface area contributed by atoms with Crippen LogP contribution in [0.1, 0.15) is 18.4 Å². The van der Waals surface area contributed by atoms with Crippen LogP contribution in [0.2, 0.25) is 5.02 Å². The molecule has 1 rings (SSSR count). The Balaban J connectivity index is 2.35. The van der Waals surface area contributed by atoms with Crippen LogP contribution in [0.25, 0.3) is 0 Å². The van der Waals surface area contributed by atoms with Gasteiger partial charge in [0, 0.05) is 31.7 Å². The van der Waals surface area contributed by atoms with Gasteiger partial charge >= 0.3 is 0 Å². The highest BCUT2D eigenvalue weighted by Crippen LogP contribution is 2.12. The zero-order valence-corrected chi connectivity index (χ0v) is 13.5.